The molecule has 1 aromatic heterocycles. The molecular formula is C16H26N2OS. The van der Waals surface area contributed by atoms with Gasteiger partial charge in [-0.15, -0.1) is 11.3 Å². The highest BCUT2D eigenvalue weighted by atomic mass is 32.1. The first kappa shape index (κ1) is 15.5. The Morgan fingerprint density at radius 1 is 1.35 bits per heavy atom. The van der Waals surface area contributed by atoms with E-state index in [0.29, 0.717) is 0 Å². The Bertz CT molecular complexity index is 397. The molecule has 1 aliphatic rings. The lowest BCUT2D eigenvalue weighted by atomic mass is 10.2. The van der Waals surface area contributed by atoms with Crippen LogP contribution in [0.5, 0.6) is 0 Å². The second-order valence-corrected chi connectivity index (χ2v) is 6.59. The maximum Gasteiger partial charge on any atom is 0.239 e. The van der Waals surface area contributed by atoms with Crippen LogP contribution in [0.2, 0.25) is 0 Å². The maximum atomic E-state index is 12.7. The molecule has 2 rings (SSSR count). The summed E-state index contributed by atoms with van der Waals surface area (Å²) in [6.07, 6.45) is 5.08. The average molecular weight is 294 g/mol. The van der Waals surface area contributed by atoms with E-state index < -0.39 is 0 Å². The molecule has 1 saturated heterocycles. The van der Waals surface area contributed by atoms with Crippen LogP contribution in [0.3, 0.4) is 0 Å². The lowest BCUT2D eigenvalue weighted by molar-refractivity contribution is -0.136. The summed E-state index contributed by atoms with van der Waals surface area (Å²) in [5, 5.41) is 2.08. The number of hydrogen-bond donors (Lipinski definition) is 0. The predicted molar refractivity (Wildman–Crippen MR) is 84.9 cm³/mol. The first-order valence-electron chi connectivity index (χ1n) is 7.77. The van der Waals surface area contributed by atoms with Crippen molar-refractivity contribution in [2.45, 2.75) is 52.1 Å². The topological polar surface area (TPSA) is 23.6 Å². The average Bonchev–Trinajstić information content (AvgIpc) is 2.83. The van der Waals surface area contributed by atoms with Crippen LogP contribution in [0, 0.1) is 0 Å². The van der Waals surface area contributed by atoms with Gasteiger partial charge in [-0.25, -0.2) is 0 Å². The Morgan fingerprint density at radius 2 is 2.05 bits per heavy atom. The summed E-state index contributed by atoms with van der Waals surface area (Å²) in [5.41, 5.74) is 0. The van der Waals surface area contributed by atoms with Gasteiger partial charge in [0.2, 0.25) is 5.91 Å². The molecule has 20 heavy (non-hydrogen) atoms. The van der Waals surface area contributed by atoms with Gasteiger partial charge in [0.1, 0.15) is 0 Å². The highest BCUT2D eigenvalue weighted by Crippen LogP contribution is 2.16. The Labute approximate surface area is 126 Å². The molecule has 0 bridgehead atoms. The number of carbonyl (C=O) groups excluding carboxylic acids is 1. The van der Waals surface area contributed by atoms with Gasteiger partial charge in [-0.1, -0.05) is 18.9 Å². The first-order chi connectivity index (χ1) is 9.72. The van der Waals surface area contributed by atoms with Crippen LogP contribution < -0.4 is 0 Å². The van der Waals surface area contributed by atoms with Crippen LogP contribution >= 0.6 is 11.3 Å². The van der Waals surface area contributed by atoms with E-state index >= 15 is 0 Å². The standard InChI is InChI=1S/C16H26N2OS/c1-3-17(13-15-9-8-12-20-15)16(19)14(2)18-10-6-4-5-7-11-18/h8-9,12,14H,3-7,10-11,13H2,1-2H3. The number of hydrogen-bond acceptors (Lipinski definition) is 3. The third-order valence-electron chi connectivity index (χ3n) is 4.17. The van der Waals surface area contributed by atoms with Crippen molar-refractivity contribution in [3.8, 4) is 0 Å². The van der Waals surface area contributed by atoms with Crippen molar-refractivity contribution in [2.24, 2.45) is 0 Å². The molecule has 1 unspecified atom stereocenters. The van der Waals surface area contributed by atoms with E-state index in [1.54, 1.807) is 11.3 Å². The number of likely N-dealkylation sites (N-methyl/N-ethyl adjacent to an activating group) is 1. The molecule has 4 heteroatoms. The third-order valence-corrected chi connectivity index (χ3v) is 5.03. The van der Waals surface area contributed by atoms with Gasteiger partial charge in [-0.05, 0) is 51.2 Å². The van der Waals surface area contributed by atoms with Gasteiger partial charge in [0.05, 0.1) is 12.6 Å². The largest absolute Gasteiger partial charge is 0.336 e. The molecule has 0 aromatic carbocycles. The SMILES string of the molecule is CCN(Cc1cccs1)C(=O)C(C)N1CCCCCC1. The van der Waals surface area contributed by atoms with Crippen molar-refractivity contribution in [1.82, 2.24) is 9.80 Å². The van der Waals surface area contributed by atoms with Gasteiger partial charge in [-0.2, -0.15) is 0 Å². The Morgan fingerprint density at radius 3 is 2.60 bits per heavy atom. The van der Waals surface area contributed by atoms with Gasteiger partial charge in [-0.3, -0.25) is 9.69 Å². The monoisotopic (exact) mass is 294 g/mol. The van der Waals surface area contributed by atoms with Gasteiger partial charge < -0.3 is 4.90 Å². The fraction of sp³-hybridized carbons (Fsp3) is 0.688. The normalized spacial score (nSPS) is 18.5. The zero-order valence-electron chi connectivity index (χ0n) is 12.7. The van der Waals surface area contributed by atoms with E-state index in [0.717, 1.165) is 26.2 Å². The number of rotatable bonds is 5. The lowest BCUT2D eigenvalue weighted by Crippen LogP contribution is -2.47. The first-order valence-corrected chi connectivity index (χ1v) is 8.65. The van der Waals surface area contributed by atoms with E-state index in [9.17, 15) is 4.79 Å². The van der Waals surface area contributed by atoms with Crippen LogP contribution in [-0.2, 0) is 11.3 Å². The Balaban J connectivity index is 1.95. The van der Waals surface area contributed by atoms with E-state index in [1.807, 2.05) is 4.90 Å². The summed E-state index contributed by atoms with van der Waals surface area (Å²) < 4.78 is 0. The van der Waals surface area contributed by atoms with Crippen LogP contribution in [0.4, 0.5) is 0 Å². The van der Waals surface area contributed by atoms with Crippen molar-refractivity contribution in [1.29, 1.82) is 0 Å². The minimum absolute atomic E-state index is 0.0213. The van der Waals surface area contributed by atoms with Gasteiger partial charge >= 0.3 is 0 Å². The number of thiophene rings is 1. The highest BCUT2D eigenvalue weighted by molar-refractivity contribution is 7.09. The smallest absolute Gasteiger partial charge is 0.239 e. The fourth-order valence-corrected chi connectivity index (χ4v) is 3.56. The quantitative estimate of drug-likeness (QED) is 0.831. The van der Waals surface area contributed by atoms with Crippen molar-refractivity contribution in [3.63, 3.8) is 0 Å². The highest BCUT2D eigenvalue weighted by Gasteiger charge is 2.25. The number of amides is 1. The summed E-state index contributed by atoms with van der Waals surface area (Å²) in [5.74, 6) is 0.280. The van der Waals surface area contributed by atoms with Crippen molar-refractivity contribution in [3.05, 3.63) is 22.4 Å². The van der Waals surface area contributed by atoms with E-state index in [2.05, 4.69) is 36.3 Å². The third kappa shape index (κ3) is 4.06. The summed E-state index contributed by atoms with van der Waals surface area (Å²) in [6, 6.07) is 4.18. The Kier molecular flexibility index (Phi) is 6.05. The summed E-state index contributed by atoms with van der Waals surface area (Å²) >= 11 is 1.73. The van der Waals surface area contributed by atoms with Crippen molar-refractivity contribution >= 4 is 17.2 Å². The number of nitrogens with zero attached hydrogens (tertiary/aromatic N) is 2. The molecule has 2 heterocycles. The van der Waals surface area contributed by atoms with E-state index in [-0.39, 0.29) is 11.9 Å². The van der Waals surface area contributed by atoms with Crippen molar-refractivity contribution in [2.75, 3.05) is 19.6 Å². The summed E-state index contributed by atoms with van der Waals surface area (Å²) in [6.45, 7) is 7.83. The lowest BCUT2D eigenvalue weighted by Gasteiger charge is -2.31. The van der Waals surface area contributed by atoms with Crippen LogP contribution in [0.15, 0.2) is 17.5 Å². The molecule has 112 valence electrons. The molecule has 0 spiro atoms. The Hall–Kier alpha value is -0.870. The molecule has 1 amide bonds. The molecule has 1 aromatic rings. The minimum Gasteiger partial charge on any atom is -0.336 e. The number of likely N-dealkylation sites (tertiary alicyclic amines) is 1. The van der Waals surface area contributed by atoms with Crippen molar-refractivity contribution < 1.29 is 4.79 Å². The minimum atomic E-state index is 0.0213. The molecular weight excluding hydrogens is 268 g/mol. The van der Waals surface area contributed by atoms with E-state index in [1.165, 1.54) is 30.6 Å². The zero-order valence-corrected chi connectivity index (χ0v) is 13.5. The fourth-order valence-electron chi connectivity index (χ4n) is 2.84. The van der Waals surface area contributed by atoms with E-state index in [4.69, 9.17) is 0 Å². The molecule has 0 saturated carbocycles. The zero-order chi connectivity index (χ0) is 14.4. The predicted octanol–water partition coefficient (Wildman–Crippen LogP) is 3.36. The molecule has 1 fully saturated rings. The molecule has 1 aliphatic heterocycles. The van der Waals surface area contributed by atoms with Crippen LogP contribution in [0.1, 0.15) is 44.4 Å². The van der Waals surface area contributed by atoms with Gasteiger partial charge in [0.15, 0.2) is 0 Å². The summed E-state index contributed by atoms with van der Waals surface area (Å²) in [7, 11) is 0. The molecule has 0 N–H and O–H groups in total. The van der Waals surface area contributed by atoms with Crippen LogP contribution in [-0.4, -0.2) is 41.4 Å². The van der Waals surface area contributed by atoms with Crippen LogP contribution in [0.25, 0.3) is 0 Å². The molecule has 3 nitrogen and oxygen atoms in total. The molecule has 0 aliphatic carbocycles. The summed E-state index contributed by atoms with van der Waals surface area (Å²) in [4.78, 5) is 18.3. The molecule has 0 radical (unpaired) electrons. The maximum absolute atomic E-state index is 12.7. The molecule has 1 atom stereocenters. The second-order valence-electron chi connectivity index (χ2n) is 5.56. The van der Waals surface area contributed by atoms with Gasteiger partial charge in [0.25, 0.3) is 0 Å². The number of carbonyl (C=O) groups is 1. The van der Waals surface area contributed by atoms with Gasteiger partial charge in [0, 0.05) is 11.4 Å². The second kappa shape index (κ2) is 7.79.